The van der Waals surface area contributed by atoms with E-state index in [9.17, 15) is 9.59 Å². The van der Waals surface area contributed by atoms with Crippen LogP contribution < -0.4 is 10.9 Å². The topological polar surface area (TPSA) is 68.9 Å². The van der Waals surface area contributed by atoms with Crippen LogP contribution >= 0.6 is 0 Å². The molecule has 2 heterocycles. The number of aromatic nitrogens is 3. The Morgan fingerprint density at radius 1 is 1.19 bits per heavy atom. The molecule has 0 unspecified atom stereocenters. The summed E-state index contributed by atoms with van der Waals surface area (Å²) in [5, 5.41) is 8.58. The van der Waals surface area contributed by atoms with Gasteiger partial charge in [0.15, 0.2) is 0 Å². The second-order valence-electron chi connectivity index (χ2n) is 7.02. The highest BCUT2D eigenvalue weighted by Crippen LogP contribution is 2.23. The lowest BCUT2D eigenvalue weighted by molar-refractivity contribution is -0.122. The van der Waals surface area contributed by atoms with Gasteiger partial charge in [-0.25, -0.2) is 4.68 Å². The second kappa shape index (κ2) is 7.78. The van der Waals surface area contributed by atoms with Gasteiger partial charge in [-0.2, -0.15) is 5.10 Å². The summed E-state index contributed by atoms with van der Waals surface area (Å²) >= 11 is 0. The van der Waals surface area contributed by atoms with Gasteiger partial charge in [0.05, 0.1) is 11.6 Å². The molecule has 0 spiro atoms. The molecule has 0 aliphatic carbocycles. The van der Waals surface area contributed by atoms with Crippen molar-refractivity contribution in [3.8, 4) is 0 Å². The van der Waals surface area contributed by atoms with E-state index in [0.29, 0.717) is 11.9 Å². The van der Waals surface area contributed by atoms with Crippen LogP contribution in [0.25, 0.3) is 10.8 Å². The van der Waals surface area contributed by atoms with Gasteiger partial charge in [0.1, 0.15) is 6.54 Å². The van der Waals surface area contributed by atoms with Crippen molar-refractivity contribution >= 4 is 16.7 Å². The highest BCUT2D eigenvalue weighted by Gasteiger charge is 2.17. The van der Waals surface area contributed by atoms with Crippen LogP contribution in [0, 0.1) is 13.8 Å². The number of amides is 1. The molecule has 1 amide bonds. The third-order valence-electron chi connectivity index (χ3n) is 5.10. The smallest absolute Gasteiger partial charge is 0.276 e. The van der Waals surface area contributed by atoms with Crippen LogP contribution in [0.2, 0.25) is 0 Å². The molecule has 0 aliphatic rings. The van der Waals surface area contributed by atoms with E-state index in [1.54, 1.807) is 6.20 Å². The Hall–Kier alpha value is -2.89. The summed E-state index contributed by atoms with van der Waals surface area (Å²) in [5.41, 5.74) is 2.85. The molecule has 2 aromatic heterocycles. The van der Waals surface area contributed by atoms with E-state index in [2.05, 4.69) is 27.1 Å². The van der Waals surface area contributed by atoms with E-state index in [0.717, 1.165) is 23.2 Å². The van der Waals surface area contributed by atoms with Gasteiger partial charge in [-0.15, -0.1) is 0 Å². The maximum Gasteiger partial charge on any atom is 0.276 e. The fraction of sp³-hybridized carbons (Fsp3) is 0.381. The van der Waals surface area contributed by atoms with E-state index >= 15 is 0 Å². The van der Waals surface area contributed by atoms with Crippen LogP contribution in [-0.2, 0) is 17.9 Å². The first-order valence-electron chi connectivity index (χ1n) is 9.31. The van der Waals surface area contributed by atoms with E-state index in [1.165, 1.54) is 10.2 Å². The molecule has 0 radical (unpaired) electrons. The summed E-state index contributed by atoms with van der Waals surface area (Å²) in [4.78, 5) is 25.1. The summed E-state index contributed by atoms with van der Waals surface area (Å²) in [6.07, 6.45) is 2.53. The van der Waals surface area contributed by atoms with E-state index in [1.807, 2.05) is 45.9 Å². The van der Waals surface area contributed by atoms with Gasteiger partial charge in [-0.3, -0.25) is 9.59 Å². The number of fused-ring (bicyclic) bond motifs is 1. The molecule has 0 bridgehead atoms. The van der Waals surface area contributed by atoms with Crippen LogP contribution in [0.5, 0.6) is 0 Å². The van der Waals surface area contributed by atoms with Crippen LogP contribution in [0.3, 0.4) is 0 Å². The molecular formula is C21H26N4O2. The Morgan fingerprint density at radius 3 is 2.56 bits per heavy atom. The zero-order chi connectivity index (χ0) is 19.6. The average Bonchev–Trinajstić information content (AvgIpc) is 2.90. The first kappa shape index (κ1) is 18.9. The number of carbonyl (C=O) groups is 1. The van der Waals surface area contributed by atoms with Gasteiger partial charge in [0.25, 0.3) is 5.56 Å². The number of nitrogens with zero attached hydrogens (tertiary/aromatic N) is 3. The summed E-state index contributed by atoms with van der Waals surface area (Å²) in [6.45, 7) is 8.52. The molecule has 0 saturated carbocycles. The van der Waals surface area contributed by atoms with Crippen molar-refractivity contribution in [2.24, 2.45) is 0 Å². The normalized spacial score (nSPS) is 12.3. The molecule has 0 saturated heterocycles. The van der Waals surface area contributed by atoms with Crippen molar-refractivity contribution in [2.45, 2.75) is 53.2 Å². The number of benzene rings is 1. The minimum atomic E-state index is -0.223. The Labute approximate surface area is 158 Å². The maximum atomic E-state index is 13.0. The van der Waals surface area contributed by atoms with E-state index in [-0.39, 0.29) is 24.1 Å². The minimum absolute atomic E-state index is 0.0680. The number of aryl methyl sites for hydroxylation is 2. The van der Waals surface area contributed by atoms with E-state index in [4.69, 9.17) is 0 Å². The highest BCUT2D eigenvalue weighted by molar-refractivity contribution is 5.87. The predicted octanol–water partition coefficient (Wildman–Crippen LogP) is 2.78. The summed E-state index contributed by atoms with van der Waals surface area (Å²) in [7, 11) is 0. The third-order valence-corrected chi connectivity index (χ3v) is 5.10. The van der Waals surface area contributed by atoms with E-state index < -0.39 is 0 Å². The molecule has 27 heavy (non-hydrogen) atoms. The Morgan fingerprint density at radius 2 is 1.89 bits per heavy atom. The molecule has 6 heteroatoms. The van der Waals surface area contributed by atoms with Crippen molar-refractivity contribution in [2.75, 3.05) is 0 Å². The van der Waals surface area contributed by atoms with Gasteiger partial charge >= 0.3 is 0 Å². The van der Waals surface area contributed by atoms with Crippen LogP contribution in [0.1, 0.15) is 37.2 Å². The molecule has 0 aliphatic heterocycles. The second-order valence-corrected chi connectivity index (χ2v) is 7.02. The summed E-state index contributed by atoms with van der Waals surface area (Å²) in [5.74, 6) is -0.198. The standard InChI is InChI=1S/C21H26N4O2/c1-5-14(2)23-19(26)13-25-21(27)20-16(4)24(15(3)18(20)11-22-25)12-17-9-7-6-8-10-17/h6-11,14H,5,12-13H2,1-4H3,(H,23,26)/t14-/m0/s1. The number of hydrogen-bond acceptors (Lipinski definition) is 3. The fourth-order valence-corrected chi connectivity index (χ4v) is 3.32. The minimum Gasteiger partial charge on any atom is -0.352 e. The van der Waals surface area contributed by atoms with Crippen molar-refractivity contribution in [3.63, 3.8) is 0 Å². The lowest BCUT2D eigenvalue weighted by Gasteiger charge is -2.11. The van der Waals surface area contributed by atoms with Crippen LogP contribution in [-0.4, -0.2) is 26.3 Å². The van der Waals surface area contributed by atoms with Crippen molar-refractivity contribution < 1.29 is 4.79 Å². The van der Waals surface area contributed by atoms with Crippen LogP contribution in [0.15, 0.2) is 41.3 Å². The summed E-state index contributed by atoms with van der Waals surface area (Å²) < 4.78 is 3.38. The predicted molar refractivity (Wildman–Crippen MR) is 107 cm³/mol. The highest BCUT2D eigenvalue weighted by atomic mass is 16.2. The first-order valence-corrected chi connectivity index (χ1v) is 9.31. The van der Waals surface area contributed by atoms with Crippen molar-refractivity contribution in [1.82, 2.24) is 19.7 Å². The monoisotopic (exact) mass is 366 g/mol. The van der Waals surface area contributed by atoms with Gasteiger partial charge in [0.2, 0.25) is 5.91 Å². The Balaban J connectivity index is 1.97. The molecule has 3 aromatic rings. The number of rotatable bonds is 6. The number of nitrogens with one attached hydrogen (secondary N) is 1. The quantitative estimate of drug-likeness (QED) is 0.729. The largest absolute Gasteiger partial charge is 0.352 e. The van der Waals surface area contributed by atoms with Crippen molar-refractivity contribution in [3.05, 3.63) is 63.8 Å². The van der Waals surface area contributed by atoms with Gasteiger partial charge in [0, 0.05) is 29.4 Å². The average molecular weight is 366 g/mol. The lowest BCUT2D eigenvalue weighted by atomic mass is 10.2. The molecule has 3 rings (SSSR count). The maximum absolute atomic E-state index is 13.0. The van der Waals surface area contributed by atoms with Crippen LogP contribution in [0.4, 0.5) is 0 Å². The molecule has 142 valence electrons. The zero-order valence-electron chi connectivity index (χ0n) is 16.3. The number of hydrogen-bond donors (Lipinski definition) is 1. The lowest BCUT2D eigenvalue weighted by Crippen LogP contribution is -2.37. The Kier molecular flexibility index (Phi) is 5.44. The summed E-state index contributed by atoms with van der Waals surface area (Å²) in [6, 6.07) is 10.2. The van der Waals surface area contributed by atoms with Gasteiger partial charge in [-0.1, -0.05) is 37.3 Å². The Bertz CT molecular complexity index is 1020. The van der Waals surface area contributed by atoms with Crippen molar-refractivity contribution in [1.29, 1.82) is 0 Å². The third kappa shape index (κ3) is 3.79. The fourth-order valence-electron chi connectivity index (χ4n) is 3.32. The van der Waals surface area contributed by atoms with Gasteiger partial charge < -0.3 is 9.88 Å². The SMILES string of the molecule is CC[C@H](C)NC(=O)Cn1ncc2c(C)n(Cc3ccccc3)c(C)c2c1=O. The molecular weight excluding hydrogens is 340 g/mol. The van der Waals surface area contributed by atoms with Gasteiger partial charge in [-0.05, 0) is 32.8 Å². The molecule has 1 atom stereocenters. The molecule has 1 N–H and O–H groups in total. The molecule has 0 fully saturated rings. The molecule has 6 nitrogen and oxygen atoms in total. The molecule has 1 aromatic carbocycles. The zero-order valence-corrected chi connectivity index (χ0v) is 16.3. The first-order chi connectivity index (χ1) is 12.9. The number of carbonyl (C=O) groups excluding carboxylic acids is 1.